The van der Waals surface area contributed by atoms with Crippen LogP contribution in [0.15, 0.2) is 209 Å². The van der Waals surface area contributed by atoms with Crippen LogP contribution in [0.4, 0.5) is 28.4 Å². The molecule has 16 rings (SSSR count). The second kappa shape index (κ2) is 18.0. The summed E-state index contributed by atoms with van der Waals surface area (Å²) in [4.78, 5) is 6.55. The molecular formula is C78H67BN2O2S. The van der Waals surface area contributed by atoms with E-state index in [-0.39, 0.29) is 28.5 Å². The number of nitrogens with zero attached hydrogens (tertiary/aromatic N) is 2. The summed E-state index contributed by atoms with van der Waals surface area (Å²) in [6.07, 6.45) is 2.27. The molecule has 84 heavy (non-hydrogen) atoms. The Labute approximate surface area is 497 Å². The van der Waals surface area contributed by atoms with Crippen LogP contribution in [-0.2, 0) is 21.7 Å². The highest BCUT2D eigenvalue weighted by atomic mass is 32.1. The Morgan fingerprint density at radius 3 is 1.73 bits per heavy atom. The van der Waals surface area contributed by atoms with E-state index >= 15 is 0 Å². The summed E-state index contributed by atoms with van der Waals surface area (Å²) in [6, 6.07) is 75.7. The molecule has 0 N–H and O–H groups in total. The van der Waals surface area contributed by atoms with Crippen LogP contribution in [0.1, 0.15) is 104 Å². The van der Waals surface area contributed by atoms with Gasteiger partial charge in [-0.25, -0.2) is 0 Å². The molecule has 2 aliphatic heterocycles. The number of furan rings is 2. The van der Waals surface area contributed by atoms with E-state index in [0.29, 0.717) is 0 Å². The lowest BCUT2D eigenvalue weighted by Crippen LogP contribution is -2.61. The molecule has 4 nitrogen and oxygen atoms in total. The van der Waals surface area contributed by atoms with Crippen LogP contribution in [0.5, 0.6) is 0 Å². The number of hydrogen-bond acceptors (Lipinski definition) is 5. The van der Waals surface area contributed by atoms with Gasteiger partial charge in [-0.15, -0.1) is 11.3 Å². The first kappa shape index (κ1) is 51.1. The largest absolute Gasteiger partial charge is 0.456 e. The molecule has 410 valence electrons. The van der Waals surface area contributed by atoms with Gasteiger partial charge in [0.25, 0.3) is 0 Å². The Morgan fingerprint density at radius 1 is 0.440 bits per heavy atom. The lowest BCUT2D eigenvalue weighted by Gasteiger charge is -2.46. The van der Waals surface area contributed by atoms with Gasteiger partial charge in [-0.05, 0) is 151 Å². The number of benzene rings is 10. The normalized spacial score (nSPS) is 15.3. The van der Waals surface area contributed by atoms with Crippen molar-refractivity contribution in [3.63, 3.8) is 0 Å². The third-order valence-corrected chi connectivity index (χ3v) is 20.4. The topological polar surface area (TPSA) is 32.8 Å². The molecule has 0 radical (unpaired) electrons. The Bertz CT molecular complexity index is 4860. The molecule has 13 aromatic rings. The van der Waals surface area contributed by atoms with E-state index in [9.17, 15) is 0 Å². The van der Waals surface area contributed by atoms with Gasteiger partial charge >= 0.3 is 6.85 Å². The van der Waals surface area contributed by atoms with Gasteiger partial charge in [-0.1, -0.05) is 197 Å². The van der Waals surface area contributed by atoms with E-state index in [1.54, 1.807) is 0 Å². The number of rotatable bonds is 5. The average molecular weight is 1110 g/mol. The highest BCUT2D eigenvalue weighted by Crippen LogP contribution is 2.56. The van der Waals surface area contributed by atoms with Crippen molar-refractivity contribution >= 4 is 112 Å². The van der Waals surface area contributed by atoms with Crippen LogP contribution in [0.2, 0.25) is 0 Å². The van der Waals surface area contributed by atoms with Crippen molar-refractivity contribution in [2.24, 2.45) is 0 Å². The van der Waals surface area contributed by atoms with Gasteiger partial charge in [0.15, 0.2) is 0 Å². The summed E-state index contributed by atoms with van der Waals surface area (Å²) in [5, 5.41) is 5.70. The van der Waals surface area contributed by atoms with Crippen molar-refractivity contribution in [3.8, 4) is 43.8 Å². The van der Waals surface area contributed by atoms with Gasteiger partial charge in [-0.3, -0.25) is 0 Å². The van der Waals surface area contributed by atoms with Crippen LogP contribution >= 0.6 is 11.3 Å². The summed E-state index contributed by atoms with van der Waals surface area (Å²) in [6.45, 7) is 23.3. The minimum Gasteiger partial charge on any atom is -0.456 e. The number of hydrogen-bond donors (Lipinski definition) is 0. The zero-order valence-electron chi connectivity index (χ0n) is 49.7. The fraction of sp³-hybridized carbons (Fsp3) is 0.205. The maximum atomic E-state index is 7.38. The second-order valence-corrected chi connectivity index (χ2v) is 28.5. The number of anilines is 5. The van der Waals surface area contributed by atoms with Crippen molar-refractivity contribution in [1.82, 2.24) is 0 Å². The lowest BCUT2D eigenvalue weighted by molar-refractivity contribution is 0.332. The van der Waals surface area contributed by atoms with Gasteiger partial charge in [0.05, 0.1) is 5.69 Å². The first-order valence-electron chi connectivity index (χ1n) is 30.0. The van der Waals surface area contributed by atoms with E-state index in [1.807, 2.05) is 11.3 Å². The Balaban J connectivity index is 1.09. The molecular weight excluding hydrogens is 1040 g/mol. The number of para-hydroxylation sites is 1. The Hall–Kier alpha value is -8.58. The quantitative estimate of drug-likeness (QED) is 0.161. The summed E-state index contributed by atoms with van der Waals surface area (Å²) in [5.74, 6) is 0. The molecule has 3 aliphatic rings. The molecule has 5 heterocycles. The molecule has 10 aromatic carbocycles. The highest BCUT2D eigenvalue weighted by molar-refractivity contribution is 7.23. The predicted octanol–water partition coefficient (Wildman–Crippen LogP) is 21.4. The molecule has 0 bridgehead atoms. The Morgan fingerprint density at radius 2 is 1.04 bits per heavy atom. The summed E-state index contributed by atoms with van der Waals surface area (Å²) in [7, 11) is 0. The smallest absolute Gasteiger partial charge is 0.333 e. The molecule has 6 heteroatoms. The fourth-order valence-corrected chi connectivity index (χ4v) is 15.8. The van der Waals surface area contributed by atoms with Crippen LogP contribution in [-0.4, -0.2) is 6.85 Å². The summed E-state index contributed by atoms with van der Waals surface area (Å²) < 4.78 is 15.9. The molecule has 0 fully saturated rings. The van der Waals surface area contributed by atoms with E-state index in [2.05, 4.69) is 279 Å². The van der Waals surface area contributed by atoms with Gasteiger partial charge in [0, 0.05) is 87.6 Å². The molecule has 0 spiro atoms. The highest BCUT2D eigenvalue weighted by Gasteiger charge is 2.48. The van der Waals surface area contributed by atoms with E-state index in [4.69, 9.17) is 8.83 Å². The van der Waals surface area contributed by atoms with E-state index < -0.39 is 0 Å². The molecule has 0 atom stereocenters. The van der Waals surface area contributed by atoms with Crippen molar-refractivity contribution in [3.05, 3.63) is 222 Å². The molecule has 0 saturated carbocycles. The van der Waals surface area contributed by atoms with Crippen LogP contribution < -0.4 is 20.6 Å². The van der Waals surface area contributed by atoms with Crippen LogP contribution in [0.3, 0.4) is 0 Å². The maximum absolute atomic E-state index is 7.38. The first-order chi connectivity index (χ1) is 40.4. The third kappa shape index (κ3) is 7.65. The van der Waals surface area contributed by atoms with Crippen LogP contribution in [0, 0.1) is 0 Å². The standard InChI is InChI=1S/C78H67BN2O2S/c1-75(2,3)49-30-33-51(34-31-49)81-63-45-68-54(55-40-59-60(43-67(55)82-68)78(9,10)37-36-77(59,7)8)39-57(63)71-72-65(41-56-52-28-20-21-29-66(52)83-73(56)71)80(62-35-32-50(76(4,5)6)38-53(62)46-22-14-11-15-23-46)64-42-58-69(44-61(64)79(72)81)84-74(48-26-18-13-19-27-48)70(58)47-24-16-12-17-25-47/h11-35,38-45H,36-37H2,1-10H3. The molecule has 0 amide bonds. The molecule has 0 unspecified atom stereocenters. The van der Waals surface area contributed by atoms with E-state index in [0.717, 1.165) is 96.3 Å². The van der Waals surface area contributed by atoms with Gasteiger partial charge in [0.1, 0.15) is 22.3 Å². The third-order valence-electron chi connectivity index (χ3n) is 19.2. The van der Waals surface area contributed by atoms with Crippen molar-refractivity contribution in [1.29, 1.82) is 0 Å². The number of thiophene rings is 1. The average Bonchev–Trinajstić information content (AvgIpc) is 1.54. The zero-order chi connectivity index (χ0) is 57.3. The summed E-state index contributed by atoms with van der Waals surface area (Å²) >= 11 is 1.90. The molecule has 1 aliphatic carbocycles. The predicted molar refractivity (Wildman–Crippen MR) is 359 cm³/mol. The lowest BCUT2D eigenvalue weighted by atomic mass is 9.43. The van der Waals surface area contributed by atoms with Crippen molar-refractivity contribution in [2.75, 3.05) is 9.71 Å². The maximum Gasteiger partial charge on any atom is 0.333 e. The second-order valence-electron chi connectivity index (χ2n) is 27.5. The number of fused-ring (bicyclic) bond motifs is 13. The van der Waals surface area contributed by atoms with Crippen LogP contribution in [0.25, 0.3) is 97.8 Å². The van der Waals surface area contributed by atoms with Gasteiger partial charge in [-0.2, -0.15) is 0 Å². The van der Waals surface area contributed by atoms with Crippen molar-refractivity contribution in [2.45, 2.75) is 104 Å². The SMILES string of the molecule is CC(C)(C)c1ccc(N2B3c4cc5sc(-c6ccccc6)c(-c6ccccc6)c5cc4N(c4ccc(C(C)(C)C)cc4-c4ccccc4)c4cc5c(oc6ccccc65)c(c43)-c3cc4c(cc32)oc2cc3c(cc24)C(C)(C)CCC3(C)C)cc1. The zero-order valence-corrected chi connectivity index (χ0v) is 50.5. The minimum absolute atomic E-state index is 0.0251. The van der Waals surface area contributed by atoms with E-state index in [1.165, 1.54) is 76.0 Å². The molecule has 3 aromatic heterocycles. The Kier molecular flexibility index (Phi) is 10.9. The fourth-order valence-electron chi connectivity index (χ4n) is 14.5. The molecule has 0 saturated heterocycles. The summed E-state index contributed by atoms with van der Waals surface area (Å²) in [5.41, 5.74) is 25.3. The monoisotopic (exact) mass is 1110 g/mol. The first-order valence-corrected chi connectivity index (χ1v) is 30.9. The minimum atomic E-state index is -0.302. The van der Waals surface area contributed by atoms with Crippen molar-refractivity contribution < 1.29 is 8.83 Å². The van der Waals surface area contributed by atoms with Gasteiger partial charge in [0.2, 0.25) is 0 Å². The van der Waals surface area contributed by atoms with Gasteiger partial charge < -0.3 is 18.5 Å².